The molecule has 1 unspecified atom stereocenters. The number of thiazole rings is 1. The first-order valence-electron chi connectivity index (χ1n) is 8.61. The molecule has 132 valence electrons. The highest BCUT2D eigenvalue weighted by Crippen LogP contribution is 2.25. The minimum absolute atomic E-state index is 0.0939. The van der Waals surface area contributed by atoms with Crippen LogP contribution in [0, 0.1) is 16.0 Å². The molecule has 0 radical (unpaired) electrons. The van der Waals surface area contributed by atoms with E-state index in [2.05, 4.69) is 11.9 Å². The van der Waals surface area contributed by atoms with Gasteiger partial charge in [-0.25, -0.2) is 4.68 Å². The van der Waals surface area contributed by atoms with Gasteiger partial charge in [0.05, 0.1) is 10.6 Å². The van der Waals surface area contributed by atoms with E-state index in [1.165, 1.54) is 30.7 Å². The van der Waals surface area contributed by atoms with Crippen molar-refractivity contribution >= 4 is 22.7 Å². The van der Waals surface area contributed by atoms with Crippen LogP contribution in [0.25, 0.3) is 11.3 Å². The maximum Gasteiger partial charge on any atom is 0.269 e. The average Bonchev–Trinajstić information content (AvgIpc) is 2.98. The van der Waals surface area contributed by atoms with E-state index in [1.807, 2.05) is 17.0 Å². The second-order valence-corrected chi connectivity index (χ2v) is 7.20. The van der Waals surface area contributed by atoms with E-state index in [1.54, 1.807) is 23.5 Å². The summed E-state index contributed by atoms with van der Waals surface area (Å²) >= 11 is 1.55. The van der Waals surface area contributed by atoms with Crippen LogP contribution in [0.4, 0.5) is 5.69 Å². The Hall–Kier alpha value is -2.28. The Kier molecular flexibility index (Phi) is 5.43. The Balaban J connectivity index is 2.04. The van der Waals surface area contributed by atoms with Gasteiger partial charge in [0, 0.05) is 35.3 Å². The zero-order chi connectivity index (χ0) is 17.8. The minimum Gasteiger partial charge on any atom is -0.258 e. The van der Waals surface area contributed by atoms with Crippen LogP contribution < -0.4 is 4.80 Å². The molecule has 3 rings (SSSR count). The van der Waals surface area contributed by atoms with Crippen LogP contribution in [0.2, 0.25) is 0 Å². The number of non-ortho nitro benzene ring substituents is 1. The maximum atomic E-state index is 10.9. The molecule has 0 bridgehead atoms. The molecule has 1 aliphatic rings. The molecule has 25 heavy (non-hydrogen) atoms. The molecule has 1 aromatic carbocycles. The highest BCUT2D eigenvalue weighted by Gasteiger charge is 2.16. The van der Waals surface area contributed by atoms with Crippen molar-refractivity contribution in [1.29, 1.82) is 0 Å². The second kappa shape index (κ2) is 7.74. The molecule has 1 atom stereocenters. The molecule has 7 heteroatoms. The largest absolute Gasteiger partial charge is 0.269 e. The number of hydrogen-bond donors (Lipinski definition) is 0. The van der Waals surface area contributed by atoms with Crippen LogP contribution >= 0.6 is 11.3 Å². The molecule has 1 fully saturated rings. The Bertz CT molecular complexity index is 849. The molecular weight excluding hydrogens is 336 g/mol. The first kappa shape index (κ1) is 17.5. The van der Waals surface area contributed by atoms with E-state index in [9.17, 15) is 10.1 Å². The van der Waals surface area contributed by atoms with Crippen molar-refractivity contribution in [3.05, 3.63) is 44.6 Å². The molecule has 1 aliphatic carbocycles. The lowest BCUT2D eigenvalue weighted by molar-refractivity contribution is -0.384. The number of nitro groups is 1. The molecule has 0 spiro atoms. The van der Waals surface area contributed by atoms with Crippen molar-refractivity contribution in [3.8, 4) is 11.3 Å². The Labute approximate surface area is 150 Å². The fourth-order valence-corrected chi connectivity index (χ4v) is 3.98. The third kappa shape index (κ3) is 4.04. The normalized spacial score (nSPS) is 20.2. The molecule has 0 aliphatic heterocycles. The fraction of sp³-hybridized carbons (Fsp3) is 0.444. The topological polar surface area (TPSA) is 72.8 Å². The predicted molar refractivity (Wildman–Crippen MR) is 101 cm³/mol. The van der Waals surface area contributed by atoms with Crippen LogP contribution in [0.3, 0.4) is 0 Å². The molecule has 0 N–H and O–H groups in total. The van der Waals surface area contributed by atoms with Crippen molar-refractivity contribution in [2.45, 2.75) is 39.5 Å². The van der Waals surface area contributed by atoms with Gasteiger partial charge in [0.2, 0.25) is 4.80 Å². The summed E-state index contributed by atoms with van der Waals surface area (Å²) in [6, 6.07) is 6.61. The SMILES string of the molecule is CCN=c1scc(-c2ccc([N+](=O)[O-])cc2)n1N=C1CCCC(C)C1. The van der Waals surface area contributed by atoms with E-state index < -0.39 is 0 Å². The molecule has 0 amide bonds. The Morgan fingerprint density at radius 2 is 2.12 bits per heavy atom. The van der Waals surface area contributed by atoms with Gasteiger partial charge in [0.1, 0.15) is 0 Å². The maximum absolute atomic E-state index is 10.9. The summed E-state index contributed by atoms with van der Waals surface area (Å²) in [5.74, 6) is 0.668. The molecule has 0 saturated heterocycles. The summed E-state index contributed by atoms with van der Waals surface area (Å²) in [5.41, 5.74) is 3.14. The smallest absolute Gasteiger partial charge is 0.258 e. The standard InChI is InChI=1S/C18H22N4O2S/c1-3-19-18-21(20-15-6-4-5-13(2)11-15)17(12-25-18)14-7-9-16(10-8-14)22(23)24/h7-10,12-13H,3-6,11H2,1-2H3. The van der Waals surface area contributed by atoms with Crippen molar-refractivity contribution < 1.29 is 4.92 Å². The number of rotatable bonds is 4. The number of nitrogens with zero attached hydrogens (tertiary/aromatic N) is 4. The van der Waals surface area contributed by atoms with Crippen molar-refractivity contribution in [1.82, 2.24) is 4.68 Å². The van der Waals surface area contributed by atoms with Gasteiger partial charge in [-0.3, -0.25) is 15.1 Å². The van der Waals surface area contributed by atoms with Crippen LogP contribution in [0.1, 0.15) is 39.5 Å². The highest BCUT2D eigenvalue weighted by atomic mass is 32.1. The summed E-state index contributed by atoms with van der Waals surface area (Å²) in [7, 11) is 0. The van der Waals surface area contributed by atoms with E-state index in [0.29, 0.717) is 12.5 Å². The van der Waals surface area contributed by atoms with Crippen molar-refractivity contribution in [3.63, 3.8) is 0 Å². The van der Waals surface area contributed by atoms with E-state index in [-0.39, 0.29) is 10.6 Å². The molecule has 6 nitrogen and oxygen atoms in total. The van der Waals surface area contributed by atoms with Crippen molar-refractivity contribution in [2.75, 3.05) is 6.54 Å². The molecule has 1 saturated carbocycles. The van der Waals surface area contributed by atoms with E-state index in [0.717, 1.165) is 28.9 Å². The van der Waals surface area contributed by atoms with Crippen LogP contribution in [-0.4, -0.2) is 21.9 Å². The molecule has 2 aromatic rings. The third-order valence-electron chi connectivity index (χ3n) is 4.34. The lowest BCUT2D eigenvalue weighted by Crippen LogP contribution is -2.18. The number of hydrogen-bond acceptors (Lipinski definition) is 5. The lowest BCUT2D eigenvalue weighted by Gasteiger charge is -2.19. The van der Waals surface area contributed by atoms with Crippen LogP contribution in [-0.2, 0) is 0 Å². The van der Waals surface area contributed by atoms with Gasteiger partial charge in [0.25, 0.3) is 5.69 Å². The zero-order valence-corrected chi connectivity index (χ0v) is 15.3. The van der Waals surface area contributed by atoms with Crippen molar-refractivity contribution in [2.24, 2.45) is 16.0 Å². The molecule has 1 heterocycles. The monoisotopic (exact) mass is 358 g/mol. The minimum atomic E-state index is -0.382. The summed E-state index contributed by atoms with van der Waals surface area (Å²) in [4.78, 5) is 15.9. The van der Waals surface area contributed by atoms with Gasteiger partial charge in [-0.15, -0.1) is 11.3 Å². The van der Waals surface area contributed by atoms with Gasteiger partial charge >= 0.3 is 0 Å². The summed E-state index contributed by atoms with van der Waals surface area (Å²) in [5, 5.41) is 17.8. The Morgan fingerprint density at radius 3 is 2.76 bits per heavy atom. The molecular formula is C18H22N4O2S. The number of nitro benzene ring substituents is 1. The van der Waals surface area contributed by atoms with Gasteiger partial charge in [0.15, 0.2) is 0 Å². The van der Waals surface area contributed by atoms with E-state index >= 15 is 0 Å². The van der Waals surface area contributed by atoms with Gasteiger partial charge < -0.3 is 0 Å². The lowest BCUT2D eigenvalue weighted by atomic mass is 9.89. The van der Waals surface area contributed by atoms with Crippen LogP contribution in [0.5, 0.6) is 0 Å². The van der Waals surface area contributed by atoms with Gasteiger partial charge in [-0.2, -0.15) is 5.10 Å². The average molecular weight is 358 g/mol. The van der Waals surface area contributed by atoms with Gasteiger partial charge in [-0.1, -0.05) is 6.92 Å². The second-order valence-electron chi connectivity index (χ2n) is 6.36. The Morgan fingerprint density at radius 1 is 1.36 bits per heavy atom. The summed E-state index contributed by atoms with van der Waals surface area (Å²) in [6.45, 7) is 4.97. The summed E-state index contributed by atoms with van der Waals surface area (Å²) in [6.07, 6.45) is 4.49. The van der Waals surface area contributed by atoms with Crippen LogP contribution in [0.15, 0.2) is 39.7 Å². The quantitative estimate of drug-likeness (QED) is 0.598. The summed E-state index contributed by atoms with van der Waals surface area (Å²) < 4.78 is 1.91. The molecule has 1 aromatic heterocycles. The highest BCUT2D eigenvalue weighted by molar-refractivity contribution is 7.07. The number of benzene rings is 1. The van der Waals surface area contributed by atoms with Gasteiger partial charge in [-0.05, 0) is 50.7 Å². The fourth-order valence-electron chi connectivity index (χ4n) is 3.08. The number of aromatic nitrogens is 1. The zero-order valence-electron chi connectivity index (χ0n) is 14.5. The third-order valence-corrected chi connectivity index (χ3v) is 5.19. The van der Waals surface area contributed by atoms with E-state index in [4.69, 9.17) is 5.10 Å². The first-order valence-corrected chi connectivity index (χ1v) is 9.49. The predicted octanol–water partition coefficient (Wildman–Crippen LogP) is 4.46. The first-order chi connectivity index (χ1) is 12.1.